The number of benzene rings is 1. The maximum absolute atomic E-state index is 12.3. The van der Waals surface area contributed by atoms with E-state index in [1.807, 2.05) is 54.1 Å². The SMILES string of the molecule is COc1ccc(C(OC)C(C)NC(=O)NCc2ccc(-n3ccnc3)nc2)cc1. The summed E-state index contributed by atoms with van der Waals surface area (Å²) in [5.41, 5.74) is 1.86. The number of pyridine rings is 1. The molecule has 2 N–H and O–H groups in total. The van der Waals surface area contributed by atoms with E-state index in [1.165, 1.54) is 0 Å². The third-order valence-electron chi connectivity index (χ3n) is 4.54. The summed E-state index contributed by atoms with van der Waals surface area (Å²) < 4.78 is 12.6. The van der Waals surface area contributed by atoms with Gasteiger partial charge >= 0.3 is 6.03 Å². The van der Waals surface area contributed by atoms with E-state index in [0.717, 1.165) is 22.7 Å². The van der Waals surface area contributed by atoms with Crippen molar-refractivity contribution < 1.29 is 14.3 Å². The Labute approximate surface area is 169 Å². The van der Waals surface area contributed by atoms with Crippen molar-refractivity contribution in [1.82, 2.24) is 25.2 Å². The van der Waals surface area contributed by atoms with Crippen molar-refractivity contribution in [3.8, 4) is 11.6 Å². The fourth-order valence-electron chi connectivity index (χ4n) is 3.01. The molecule has 29 heavy (non-hydrogen) atoms. The average Bonchev–Trinajstić information content (AvgIpc) is 3.28. The highest BCUT2D eigenvalue weighted by atomic mass is 16.5. The number of carbonyl (C=O) groups excluding carboxylic acids is 1. The monoisotopic (exact) mass is 395 g/mol. The average molecular weight is 395 g/mol. The summed E-state index contributed by atoms with van der Waals surface area (Å²) in [7, 11) is 3.25. The summed E-state index contributed by atoms with van der Waals surface area (Å²) >= 11 is 0. The lowest BCUT2D eigenvalue weighted by Crippen LogP contribution is -2.43. The molecule has 3 aromatic rings. The lowest BCUT2D eigenvalue weighted by Gasteiger charge is -2.24. The Morgan fingerprint density at radius 2 is 1.97 bits per heavy atom. The van der Waals surface area contributed by atoms with E-state index in [0.29, 0.717) is 6.54 Å². The first-order valence-corrected chi connectivity index (χ1v) is 9.25. The van der Waals surface area contributed by atoms with Crippen molar-refractivity contribution in [3.05, 3.63) is 72.4 Å². The van der Waals surface area contributed by atoms with Gasteiger partial charge in [-0.1, -0.05) is 18.2 Å². The molecular formula is C21H25N5O3. The predicted molar refractivity (Wildman–Crippen MR) is 109 cm³/mol. The highest BCUT2D eigenvalue weighted by Gasteiger charge is 2.20. The van der Waals surface area contributed by atoms with Crippen LogP contribution < -0.4 is 15.4 Å². The van der Waals surface area contributed by atoms with Crippen LogP contribution >= 0.6 is 0 Å². The molecule has 2 unspecified atom stereocenters. The molecule has 2 atom stereocenters. The topological polar surface area (TPSA) is 90.3 Å². The number of imidazole rings is 1. The minimum atomic E-state index is -0.275. The summed E-state index contributed by atoms with van der Waals surface area (Å²) in [4.78, 5) is 20.7. The van der Waals surface area contributed by atoms with Crippen molar-refractivity contribution in [2.24, 2.45) is 0 Å². The third-order valence-corrected chi connectivity index (χ3v) is 4.54. The first kappa shape index (κ1) is 20.3. The van der Waals surface area contributed by atoms with E-state index in [4.69, 9.17) is 9.47 Å². The first-order chi connectivity index (χ1) is 14.1. The summed E-state index contributed by atoms with van der Waals surface area (Å²) in [5, 5.41) is 5.77. The smallest absolute Gasteiger partial charge is 0.315 e. The van der Waals surface area contributed by atoms with E-state index in [9.17, 15) is 4.79 Å². The summed E-state index contributed by atoms with van der Waals surface area (Å²) in [6.45, 7) is 2.27. The van der Waals surface area contributed by atoms with Gasteiger partial charge < -0.3 is 20.1 Å². The molecule has 0 bridgehead atoms. The normalized spacial score (nSPS) is 12.8. The van der Waals surface area contributed by atoms with Crippen molar-refractivity contribution >= 4 is 6.03 Å². The largest absolute Gasteiger partial charge is 0.497 e. The van der Waals surface area contributed by atoms with Crippen LogP contribution in [-0.2, 0) is 11.3 Å². The molecule has 1 aromatic carbocycles. The summed E-state index contributed by atoms with van der Waals surface area (Å²) in [6, 6.07) is 10.9. The van der Waals surface area contributed by atoms with Crippen molar-refractivity contribution in [3.63, 3.8) is 0 Å². The maximum atomic E-state index is 12.3. The Morgan fingerprint density at radius 1 is 1.17 bits per heavy atom. The highest BCUT2D eigenvalue weighted by molar-refractivity contribution is 5.74. The quantitative estimate of drug-likeness (QED) is 0.612. The molecule has 152 valence electrons. The minimum Gasteiger partial charge on any atom is -0.497 e. The van der Waals surface area contributed by atoms with Crippen LogP contribution in [0.4, 0.5) is 4.79 Å². The van der Waals surface area contributed by atoms with Gasteiger partial charge in [-0.15, -0.1) is 0 Å². The van der Waals surface area contributed by atoms with Crippen LogP contribution in [0.2, 0.25) is 0 Å². The zero-order valence-corrected chi connectivity index (χ0v) is 16.7. The predicted octanol–water partition coefficient (Wildman–Crippen LogP) is 2.85. The second-order valence-electron chi connectivity index (χ2n) is 6.54. The molecule has 3 rings (SSSR count). The number of carbonyl (C=O) groups is 1. The molecular weight excluding hydrogens is 370 g/mol. The number of amides is 2. The number of urea groups is 1. The molecule has 2 heterocycles. The number of hydrogen-bond donors (Lipinski definition) is 2. The van der Waals surface area contributed by atoms with Crippen LogP contribution in [0.1, 0.15) is 24.2 Å². The van der Waals surface area contributed by atoms with Gasteiger partial charge in [0, 0.05) is 32.2 Å². The van der Waals surface area contributed by atoms with Gasteiger partial charge in [-0.25, -0.2) is 14.8 Å². The Balaban J connectivity index is 1.52. The van der Waals surface area contributed by atoms with Crippen LogP contribution in [0.15, 0.2) is 61.3 Å². The molecule has 0 saturated heterocycles. The van der Waals surface area contributed by atoms with Gasteiger partial charge in [0.2, 0.25) is 0 Å². The van der Waals surface area contributed by atoms with Crippen LogP contribution in [0.25, 0.3) is 5.82 Å². The molecule has 0 aliphatic rings. The molecule has 8 nitrogen and oxygen atoms in total. The Hall–Kier alpha value is -3.39. The van der Waals surface area contributed by atoms with Crippen LogP contribution in [0, 0.1) is 0 Å². The Bertz CT molecular complexity index is 895. The lowest BCUT2D eigenvalue weighted by molar-refractivity contribution is 0.0761. The molecule has 2 aromatic heterocycles. The molecule has 8 heteroatoms. The van der Waals surface area contributed by atoms with Crippen LogP contribution in [0.3, 0.4) is 0 Å². The standard InChI is InChI=1S/C21H25N5O3/c1-15(20(29-3)17-5-7-18(28-2)8-6-17)25-21(27)24-13-16-4-9-19(23-12-16)26-11-10-22-14-26/h4-12,14-15,20H,13H2,1-3H3,(H2,24,25,27). The molecule has 0 aliphatic heterocycles. The van der Waals surface area contributed by atoms with Gasteiger partial charge in [-0.05, 0) is 36.2 Å². The highest BCUT2D eigenvalue weighted by Crippen LogP contribution is 2.23. The van der Waals surface area contributed by atoms with Gasteiger partial charge in [0.1, 0.15) is 24.0 Å². The zero-order valence-electron chi connectivity index (χ0n) is 16.7. The molecule has 0 spiro atoms. The van der Waals surface area contributed by atoms with Crippen molar-refractivity contribution in [2.45, 2.75) is 25.6 Å². The number of aromatic nitrogens is 3. The van der Waals surface area contributed by atoms with Crippen molar-refractivity contribution in [1.29, 1.82) is 0 Å². The molecule has 0 aliphatic carbocycles. The zero-order chi connectivity index (χ0) is 20.6. The van der Waals surface area contributed by atoms with E-state index in [2.05, 4.69) is 20.6 Å². The van der Waals surface area contributed by atoms with Gasteiger partial charge in [-0.3, -0.25) is 4.57 Å². The molecule has 0 saturated carbocycles. The number of ether oxygens (including phenoxy) is 2. The third kappa shape index (κ3) is 5.32. The number of methoxy groups -OCH3 is 2. The fraction of sp³-hybridized carbons (Fsp3) is 0.286. The van der Waals surface area contributed by atoms with Crippen LogP contribution in [0.5, 0.6) is 5.75 Å². The maximum Gasteiger partial charge on any atom is 0.315 e. The van der Waals surface area contributed by atoms with E-state index >= 15 is 0 Å². The van der Waals surface area contributed by atoms with E-state index in [-0.39, 0.29) is 18.2 Å². The summed E-state index contributed by atoms with van der Waals surface area (Å²) in [5.74, 6) is 1.54. The van der Waals surface area contributed by atoms with Crippen molar-refractivity contribution in [2.75, 3.05) is 14.2 Å². The summed E-state index contributed by atoms with van der Waals surface area (Å²) in [6.07, 6.45) is 6.66. The lowest BCUT2D eigenvalue weighted by atomic mass is 10.0. The first-order valence-electron chi connectivity index (χ1n) is 9.25. The second-order valence-corrected chi connectivity index (χ2v) is 6.54. The van der Waals surface area contributed by atoms with Crippen LogP contribution in [-0.4, -0.2) is 40.8 Å². The number of rotatable bonds is 8. The molecule has 0 radical (unpaired) electrons. The minimum absolute atomic E-state index is 0.227. The second kappa shape index (κ2) is 9.70. The van der Waals surface area contributed by atoms with E-state index in [1.54, 1.807) is 32.9 Å². The Kier molecular flexibility index (Phi) is 6.80. The number of hydrogen-bond acceptors (Lipinski definition) is 5. The fourth-order valence-corrected chi connectivity index (χ4v) is 3.01. The van der Waals surface area contributed by atoms with Gasteiger partial charge in [0.25, 0.3) is 0 Å². The number of nitrogens with zero attached hydrogens (tertiary/aromatic N) is 3. The van der Waals surface area contributed by atoms with Gasteiger partial charge in [-0.2, -0.15) is 0 Å². The van der Waals surface area contributed by atoms with E-state index < -0.39 is 0 Å². The Morgan fingerprint density at radius 3 is 2.55 bits per heavy atom. The van der Waals surface area contributed by atoms with Gasteiger partial charge in [0.15, 0.2) is 0 Å². The molecule has 0 fully saturated rings. The number of nitrogens with one attached hydrogen (secondary N) is 2. The molecule has 2 amide bonds. The van der Waals surface area contributed by atoms with Gasteiger partial charge in [0.05, 0.1) is 13.2 Å².